The quantitative estimate of drug-likeness (QED) is 0.754. The number of nitrogens with zero attached hydrogens (tertiary/aromatic N) is 1. The molecule has 0 saturated carbocycles. The second-order valence-electron chi connectivity index (χ2n) is 4.86. The Balaban J connectivity index is 2.48. The zero-order chi connectivity index (χ0) is 16.5. The molecule has 1 heterocycles. The molecule has 0 bridgehead atoms. The van der Waals surface area contributed by atoms with Crippen LogP contribution in [0.15, 0.2) is 23.1 Å². The molecule has 0 N–H and O–H groups in total. The van der Waals surface area contributed by atoms with Crippen LogP contribution in [0, 0.1) is 18.2 Å². The maximum absolute atomic E-state index is 14.0. The summed E-state index contributed by atoms with van der Waals surface area (Å²) in [5.41, 5.74) is 0. The first-order valence-corrected chi connectivity index (χ1v) is 9.93. The van der Waals surface area contributed by atoms with E-state index in [2.05, 4.69) is 5.92 Å². The summed E-state index contributed by atoms with van der Waals surface area (Å²) < 4.78 is 63.3. The predicted molar refractivity (Wildman–Crippen MR) is 81.2 cm³/mol. The van der Waals surface area contributed by atoms with Gasteiger partial charge in [0, 0.05) is 6.04 Å². The molecule has 1 saturated heterocycles. The van der Waals surface area contributed by atoms with Crippen molar-refractivity contribution in [3.05, 3.63) is 29.0 Å². The Bertz CT molecular complexity index is 830. The number of halogens is 2. The molecule has 0 aliphatic carbocycles. The Morgan fingerprint density at radius 3 is 2.68 bits per heavy atom. The zero-order valence-electron chi connectivity index (χ0n) is 11.4. The van der Waals surface area contributed by atoms with Crippen LogP contribution in [-0.4, -0.2) is 45.2 Å². The monoisotopic (exact) mass is 365 g/mol. The van der Waals surface area contributed by atoms with E-state index in [1.807, 2.05) is 0 Å². The van der Waals surface area contributed by atoms with Gasteiger partial charge in [-0.15, -0.1) is 6.42 Å². The molecule has 1 fully saturated rings. The molecule has 0 aromatic heterocycles. The molecule has 1 atom stereocenters. The van der Waals surface area contributed by atoms with Gasteiger partial charge in [0.2, 0.25) is 10.0 Å². The molecule has 120 valence electrons. The minimum absolute atomic E-state index is 0.119. The van der Waals surface area contributed by atoms with Crippen molar-refractivity contribution in [1.29, 1.82) is 0 Å². The number of terminal acetylenes is 1. The van der Waals surface area contributed by atoms with E-state index in [9.17, 15) is 21.2 Å². The Kier molecular flexibility index (Phi) is 4.82. The number of sulfone groups is 1. The van der Waals surface area contributed by atoms with E-state index >= 15 is 0 Å². The van der Waals surface area contributed by atoms with Gasteiger partial charge < -0.3 is 0 Å². The average Bonchev–Trinajstić information content (AvgIpc) is 2.78. The van der Waals surface area contributed by atoms with E-state index in [0.29, 0.717) is 0 Å². The van der Waals surface area contributed by atoms with Crippen LogP contribution in [0.2, 0.25) is 5.02 Å². The van der Waals surface area contributed by atoms with Gasteiger partial charge in [0.1, 0.15) is 4.90 Å². The zero-order valence-corrected chi connectivity index (χ0v) is 13.8. The Morgan fingerprint density at radius 2 is 2.14 bits per heavy atom. The number of hydrogen-bond acceptors (Lipinski definition) is 4. The van der Waals surface area contributed by atoms with Crippen molar-refractivity contribution in [3.63, 3.8) is 0 Å². The minimum Gasteiger partial charge on any atom is -0.229 e. The lowest BCUT2D eigenvalue weighted by Gasteiger charge is -2.25. The van der Waals surface area contributed by atoms with E-state index in [0.717, 1.165) is 10.4 Å². The molecule has 5 nitrogen and oxygen atoms in total. The number of benzene rings is 1. The van der Waals surface area contributed by atoms with Crippen molar-refractivity contribution >= 4 is 31.5 Å². The molecule has 0 spiro atoms. The van der Waals surface area contributed by atoms with Crippen LogP contribution in [0.25, 0.3) is 0 Å². The summed E-state index contributed by atoms with van der Waals surface area (Å²) in [6.45, 7) is -0.339. The normalized spacial score (nSPS) is 20.9. The summed E-state index contributed by atoms with van der Waals surface area (Å²) in [4.78, 5) is -0.612. The molecule has 1 aliphatic heterocycles. The summed E-state index contributed by atoms with van der Waals surface area (Å²) in [6.07, 6.45) is 5.31. The topological polar surface area (TPSA) is 71.5 Å². The van der Waals surface area contributed by atoms with E-state index in [-0.39, 0.29) is 29.5 Å². The second-order valence-corrected chi connectivity index (χ2v) is 9.36. The molecule has 1 aromatic rings. The third kappa shape index (κ3) is 3.27. The summed E-state index contributed by atoms with van der Waals surface area (Å²) in [7, 11) is -7.60. The number of hydrogen-bond donors (Lipinski definition) is 0. The minimum atomic E-state index is -4.28. The smallest absolute Gasteiger partial charge is 0.229 e. The van der Waals surface area contributed by atoms with E-state index in [1.165, 1.54) is 12.1 Å². The van der Waals surface area contributed by atoms with Gasteiger partial charge in [-0.3, -0.25) is 0 Å². The van der Waals surface area contributed by atoms with Crippen LogP contribution in [0.3, 0.4) is 0 Å². The van der Waals surface area contributed by atoms with Crippen molar-refractivity contribution in [2.24, 2.45) is 0 Å². The molecule has 0 amide bonds. The summed E-state index contributed by atoms with van der Waals surface area (Å²) in [5.74, 6) is 0.660. The fourth-order valence-corrected chi connectivity index (χ4v) is 6.02. The molecule has 1 unspecified atom stereocenters. The van der Waals surface area contributed by atoms with Crippen LogP contribution < -0.4 is 0 Å². The predicted octanol–water partition coefficient (Wildman–Crippen LogP) is 1.29. The maximum Gasteiger partial charge on any atom is 0.247 e. The van der Waals surface area contributed by atoms with Crippen LogP contribution >= 0.6 is 11.6 Å². The highest BCUT2D eigenvalue weighted by Crippen LogP contribution is 2.28. The van der Waals surface area contributed by atoms with Gasteiger partial charge in [-0.25, -0.2) is 21.2 Å². The highest BCUT2D eigenvalue weighted by molar-refractivity contribution is 7.92. The van der Waals surface area contributed by atoms with E-state index in [1.54, 1.807) is 0 Å². The van der Waals surface area contributed by atoms with E-state index in [4.69, 9.17) is 18.0 Å². The fraction of sp³-hybridized carbons (Fsp3) is 0.385. The maximum atomic E-state index is 14.0. The SMILES string of the molecule is C#CCN(C1CCS(=O)(=O)C1)S(=O)(=O)c1cccc(Cl)c1F. The Labute approximate surface area is 134 Å². The van der Waals surface area contributed by atoms with Gasteiger partial charge >= 0.3 is 0 Å². The standard InChI is InChI=1S/C13H13ClFNO4S2/c1-2-7-16(10-6-8-21(17,18)9-10)22(19,20)12-5-3-4-11(14)13(12)15/h1,3-5,10H,6-9H2. The van der Waals surface area contributed by atoms with Crippen molar-refractivity contribution in [2.75, 3.05) is 18.1 Å². The largest absolute Gasteiger partial charge is 0.247 e. The van der Waals surface area contributed by atoms with Crippen LogP contribution in [0.5, 0.6) is 0 Å². The molecule has 1 aromatic carbocycles. The first-order chi connectivity index (χ1) is 10.2. The van der Waals surface area contributed by atoms with Gasteiger partial charge in [0.25, 0.3) is 0 Å². The van der Waals surface area contributed by atoms with Crippen molar-refractivity contribution in [2.45, 2.75) is 17.4 Å². The van der Waals surface area contributed by atoms with Crippen molar-refractivity contribution in [3.8, 4) is 12.3 Å². The lowest BCUT2D eigenvalue weighted by molar-refractivity contribution is 0.369. The van der Waals surface area contributed by atoms with E-state index < -0.39 is 36.6 Å². The number of sulfonamides is 1. The summed E-state index contributed by atoms with van der Waals surface area (Å²) in [6, 6.07) is 2.80. The third-order valence-corrected chi connectivity index (χ3v) is 7.32. The molecule has 22 heavy (non-hydrogen) atoms. The summed E-state index contributed by atoms with van der Waals surface area (Å²) >= 11 is 5.61. The van der Waals surface area contributed by atoms with Crippen LogP contribution in [0.4, 0.5) is 4.39 Å². The fourth-order valence-electron chi connectivity index (χ4n) is 2.31. The van der Waals surface area contributed by atoms with Gasteiger partial charge in [-0.1, -0.05) is 23.6 Å². The third-order valence-electron chi connectivity index (χ3n) is 3.37. The van der Waals surface area contributed by atoms with Crippen LogP contribution in [0.1, 0.15) is 6.42 Å². The Hall–Kier alpha value is -1.14. The van der Waals surface area contributed by atoms with Gasteiger partial charge in [-0.2, -0.15) is 4.31 Å². The molecule has 2 rings (SSSR count). The molecule has 0 radical (unpaired) electrons. The molecular formula is C13H13ClFNO4S2. The highest BCUT2D eigenvalue weighted by atomic mass is 35.5. The first-order valence-electron chi connectivity index (χ1n) is 6.29. The van der Waals surface area contributed by atoms with Gasteiger partial charge in [-0.05, 0) is 18.6 Å². The molecule has 9 heteroatoms. The summed E-state index contributed by atoms with van der Waals surface area (Å²) in [5, 5.41) is -0.333. The van der Waals surface area contributed by atoms with Crippen molar-refractivity contribution < 1.29 is 21.2 Å². The molecular weight excluding hydrogens is 353 g/mol. The lowest BCUT2D eigenvalue weighted by atomic mass is 10.3. The second kappa shape index (κ2) is 6.16. The van der Waals surface area contributed by atoms with Crippen molar-refractivity contribution in [1.82, 2.24) is 4.31 Å². The van der Waals surface area contributed by atoms with Gasteiger partial charge in [0.05, 0.1) is 23.1 Å². The Morgan fingerprint density at radius 1 is 1.45 bits per heavy atom. The van der Waals surface area contributed by atoms with Gasteiger partial charge in [0.15, 0.2) is 15.7 Å². The first kappa shape index (κ1) is 17.2. The highest BCUT2D eigenvalue weighted by Gasteiger charge is 2.39. The number of rotatable bonds is 4. The van der Waals surface area contributed by atoms with Crippen LogP contribution in [-0.2, 0) is 19.9 Å². The molecule has 1 aliphatic rings. The lowest BCUT2D eigenvalue weighted by Crippen LogP contribution is -2.41. The average molecular weight is 366 g/mol.